The molecule has 2 aliphatic rings. The van der Waals surface area contributed by atoms with E-state index < -0.39 is 11.7 Å². The highest BCUT2D eigenvalue weighted by molar-refractivity contribution is 5.85. The molecule has 0 saturated carbocycles. The Morgan fingerprint density at radius 3 is 1.60 bits per heavy atom. The summed E-state index contributed by atoms with van der Waals surface area (Å²) in [5, 5.41) is 0. The van der Waals surface area contributed by atoms with Crippen molar-refractivity contribution in [1.29, 1.82) is 0 Å². The van der Waals surface area contributed by atoms with E-state index in [0.29, 0.717) is 11.9 Å². The van der Waals surface area contributed by atoms with Gasteiger partial charge in [-0.2, -0.15) is 28.1 Å². The third kappa shape index (κ3) is 8.81. The van der Waals surface area contributed by atoms with Crippen molar-refractivity contribution in [2.45, 2.75) is 44.7 Å². The van der Waals surface area contributed by atoms with E-state index in [4.69, 9.17) is 0 Å². The predicted molar refractivity (Wildman–Crippen MR) is 146 cm³/mol. The number of hydrazine groups is 1. The van der Waals surface area contributed by atoms with E-state index in [1.807, 2.05) is 0 Å². The van der Waals surface area contributed by atoms with Crippen LogP contribution in [-0.2, 0) is 6.18 Å². The lowest BCUT2D eigenvalue weighted by molar-refractivity contribution is -0.136. The molecule has 4 rings (SSSR count). The average molecular weight is 534 g/mol. The van der Waals surface area contributed by atoms with E-state index in [-0.39, 0.29) is 54.4 Å². The molecule has 2 fully saturated rings. The zero-order valence-corrected chi connectivity index (χ0v) is 20.8. The van der Waals surface area contributed by atoms with Gasteiger partial charge in [0.25, 0.3) is 0 Å². The van der Waals surface area contributed by atoms with Crippen LogP contribution in [-0.4, -0.2) is 41.1 Å². The van der Waals surface area contributed by atoms with Gasteiger partial charge >= 0.3 is 6.18 Å². The Bertz CT molecular complexity index is 843. The first kappa shape index (κ1) is 34.5. The van der Waals surface area contributed by atoms with Crippen LogP contribution >= 0.6 is 12.4 Å². The maximum atomic E-state index is 13.3. The number of nitrogens with one attached hydrogen (secondary N) is 2. The Hall–Kier alpha value is -2.65. The summed E-state index contributed by atoms with van der Waals surface area (Å²) in [6.45, 7) is 3.47. The smallest absolute Gasteiger partial charge is 0.344 e. The summed E-state index contributed by atoms with van der Waals surface area (Å²) in [6, 6.07) is 5.31. The zero-order chi connectivity index (χ0) is 21.0. The predicted octanol–water partition coefficient (Wildman–Crippen LogP) is 6.36. The minimum Gasteiger partial charge on any atom is -0.344 e. The van der Waals surface area contributed by atoms with Crippen LogP contribution in [0.15, 0.2) is 24.3 Å². The molecule has 2 saturated heterocycles. The molecule has 210 valence electrons. The second-order valence-electron chi connectivity index (χ2n) is 7.65. The average Bonchev–Trinajstić information content (AvgIpc) is 2.78. The normalized spacial score (nSPS) is 15.2. The summed E-state index contributed by atoms with van der Waals surface area (Å²) in [6.07, 6.45) is 2.20. The lowest BCUT2D eigenvalue weighted by Crippen LogP contribution is -2.34. The van der Waals surface area contributed by atoms with E-state index in [9.17, 15) is 13.2 Å². The number of nitrogens with zero attached hydrogens (tertiary/aromatic N) is 5. The van der Waals surface area contributed by atoms with E-state index in [0.717, 1.165) is 57.9 Å². The molecule has 0 spiro atoms. The first-order valence-corrected chi connectivity index (χ1v) is 10.4. The van der Waals surface area contributed by atoms with Gasteiger partial charge in [0.05, 0.1) is 11.3 Å². The van der Waals surface area contributed by atoms with Crippen molar-refractivity contribution >= 4 is 35.9 Å². The minimum atomic E-state index is -4.46. The molecule has 35 heavy (non-hydrogen) atoms. The third-order valence-electron chi connectivity index (χ3n) is 5.43. The first-order chi connectivity index (χ1) is 14.5. The zero-order valence-electron chi connectivity index (χ0n) is 20.0. The summed E-state index contributed by atoms with van der Waals surface area (Å²) in [5.41, 5.74) is 4.57. The number of hydrogen-bond donors (Lipinski definition) is 6. The Balaban J connectivity index is -0.000000302. The van der Waals surface area contributed by atoms with Crippen LogP contribution in [0.4, 0.5) is 36.7 Å². The lowest BCUT2D eigenvalue weighted by Gasteiger charge is -2.30. The van der Waals surface area contributed by atoms with Crippen molar-refractivity contribution in [3.8, 4) is 0 Å². The monoisotopic (exact) mass is 533 g/mol. The topological polar surface area (TPSA) is 209 Å². The summed E-state index contributed by atoms with van der Waals surface area (Å²) in [4.78, 5) is 17.9. The molecule has 0 unspecified atom stereocenters. The van der Waals surface area contributed by atoms with Crippen molar-refractivity contribution < 1.29 is 18.9 Å². The summed E-state index contributed by atoms with van der Waals surface area (Å²) in [7, 11) is 0. The number of rotatable bonds is 5. The van der Waals surface area contributed by atoms with Gasteiger partial charge in [0, 0.05) is 31.9 Å². The fourth-order valence-electron chi connectivity index (χ4n) is 3.84. The lowest BCUT2D eigenvalue weighted by atomic mass is 10.1. The van der Waals surface area contributed by atoms with Gasteiger partial charge in [-0.25, -0.2) is 0 Å². The van der Waals surface area contributed by atoms with E-state index in [1.54, 1.807) is 6.07 Å². The van der Waals surface area contributed by atoms with Crippen LogP contribution in [0.3, 0.4) is 0 Å². The van der Waals surface area contributed by atoms with Crippen LogP contribution < -0.4 is 45.3 Å². The molecule has 0 amide bonds. The molecule has 15 heteroatoms. The molecular weight excluding hydrogens is 487 g/mol. The molecule has 2 aliphatic heterocycles. The van der Waals surface area contributed by atoms with Crippen molar-refractivity contribution in [2.24, 2.45) is 0 Å². The quantitative estimate of drug-likeness (QED) is 0.232. The Morgan fingerprint density at radius 1 is 0.686 bits per heavy atom. The van der Waals surface area contributed by atoms with E-state index in [1.165, 1.54) is 25.0 Å². The molecule has 1 aromatic carbocycles. The van der Waals surface area contributed by atoms with Crippen molar-refractivity contribution in [3.05, 3.63) is 29.8 Å². The van der Waals surface area contributed by atoms with Crippen molar-refractivity contribution in [3.63, 3.8) is 0 Å². The number of aromatic nitrogens is 3. The number of piperidine rings is 2. The van der Waals surface area contributed by atoms with Crippen molar-refractivity contribution in [1.82, 2.24) is 39.6 Å². The molecule has 0 aliphatic carbocycles. The molecule has 0 bridgehead atoms. The standard InChI is InChI=1S/C20H26F3N7.ClH.4H3N.4H2/c21-20(22,23)15-9-3-4-10-16(15)27-28-17-24-18(29-11-5-1-6-12-29)26-19(25-17)30-13-7-2-8-14-30;;;;;;;;;/h3-4,9-10,27H,1-2,5-8,11-14H2,(H,24,25,26,28);1H;4*1H3;4*1H. The number of halogens is 4. The summed E-state index contributed by atoms with van der Waals surface area (Å²) >= 11 is 0. The molecule has 14 N–H and O–H groups in total. The molecule has 0 atom stereocenters. The highest BCUT2D eigenvalue weighted by Crippen LogP contribution is 2.34. The molecule has 11 nitrogen and oxygen atoms in total. The van der Waals surface area contributed by atoms with Crippen LogP contribution in [0.1, 0.15) is 49.8 Å². The second-order valence-corrected chi connectivity index (χ2v) is 7.65. The van der Waals surface area contributed by atoms with Gasteiger partial charge in [-0.1, -0.05) is 12.1 Å². The summed E-state index contributed by atoms with van der Waals surface area (Å²) < 4.78 is 39.8. The molecule has 1 aromatic heterocycles. The second kappa shape index (κ2) is 15.4. The van der Waals surface area contributed by atoms with E-state index >= 15 is 0 Å². The van der Waals surface area contributed by atoms with Gasteiger partial charge in [-0.3, -0.25) is 10.9 Å². The minimum absolute atomic E-state index is 0. The van der Waals surface area contributed by atoms with E-state index in [2.05, 4.69) is 35.6 Å². The maximum absolute atomic E-state index is 13.3. The number of benzene rings is 1. The van der Waals surface area contributed by atoms with Gasteiger partial charge in [0.1, 0.15) is 0 Å². The maximum Gasteiger partial charge on any atom is 0.418 e. The highest BCUT2D eigenvalue weighted by atomic mass is 35.5. The first-order valence-electron chi connectivity index (χ1n) is 10.4. The van der Waals surface area contributed by atoms with Gasteiger partial charge in [-0.05, 0) is 50.7 Å². The number of anilines is 4. The van der Waals surface area contributed by atoms with Crippen LogP contribution in [0.5, 0.6) is 0 Å². The fourth-order valence-corrected chi connectivity index (χ4v) is 3.84. The van der Waals surface area contributed by atoms with Crippen LogP contribution in [0, 0.1) is 0 Å². The number of hydrogen-bond acceptors (Lipinski definition) is 11. The van der Waals surface area contributed by atoms with Gasteiger partial charge in [-0.15, -0.1) is 12.4 Å². The number of para-hydroxylation sites is 1. The van der Waals surface area contributed by atoms with Gasteiger partial charge < -0.3 is 34.4 Å². The fraction of sp³-hybridized carbons (Fsp3) is 0.550. The van der Waals surface area contributed by atoms with Gasteiger partial charge in [0.15, 0.2) is 0 Å². The van der Waals surface area contributed by atoms with Crippen LogP contribution in [0.25, 0.3) is 0 Å². The third-order valence-corrected chi connectivity index (χ3v) is 5.43. The van der Waals surface area contributed by atoms with Gasteiger partial charge in [0.2, 0.25) is 17.8 Å². The molecule has 0 radical (unpaired) electrons. The molecular formula is C20H47ClF3N11. The Kier molecular flexibility index (Phi) is 15.2. The largest absolute Gasteiger partial charge is 0.418 e. The number of alkyl halides is 3. The molecule has 3 heterocycles. The Morgan fingerprint density at radius 2 is 1.14 bits per heavy atom. The SMILES string of the molecule is Cl.FC(F)(F)c1ccccc1NNc1nc(N2CCCCC2)nc(N2CCCCC2)n1.N.N.N.N.[HH].[HH].[HH].[HH]. The van der Waals surface area contributed by atoms with Crippen molar-refractivity contribution in [2.75, 3.05) is 46.8 Å². The van der Waals surface area contributed by atoms with Crippen LogP contribution in [0.2, 0.25) is 0 Å². The molecule has 2 aromatic rings. The highest BCUT2D eigenvalue weighted by Gasteiger charge is 2.33. The summed E-state index contributed by atoms with van der Waals surface area (Å²) in [5.74, 6) is 1.35. The Labute approximate surface area is 216 Å².